The van der Waals surface area contributed by atoms with Crippen LogP contribution in [0.3, 0.4) is 0 Å². The van der Waals surface area contributed by atoms with Gasteiger partial charge in [-0.05, 0) is 40.5 Å². The number of aromatic nitrogens is 4. The second-order valence-electron chi connectivity index (χ2n) is 6.63. The first kappa shape index (κ1) is 17.0. The van der Waals surface area contributed by atoms with Crippen molar-refractivity contribution < 1.29 is 8.95 Å². The number of nitrogens with zero attached hydrogens (tertiary/aromatic N) is 4. The van der Waals surface area contributed by atoms with E-state index in [1.807, 2.05) is 18.2 Å². The van der Waals surface area contributed by atoms with E-state index in [1.165, 1.54) is 0 Å². The van der Waals surface area contributed by atoms with E-state index < -0.39 is 9.52 Å². The van der Waals surface area contributed by atoms with E-state index in [0.29, 0.717) is 29.3 Å². The van der Waals surface area contributed by atoms with Gasteiger partial charge in [-0.25, -0.2) is 4.98 Å². The van der Waals surface area contributed by atoms with Gasteiger partial charge in [-0.15, -0.1) is 0 Å². The smallest absolute Gasteiger partial charge is 0.130 e. The standard InChI is InChI=1S/C18H21N5O2S/c1-12-11-25-9-8-23(12)16-10-15(26(2,3)24)13-4-6-19-18(17(13)21-16)14-5-7-20-22-14/h4-7,10,12H,2,8-9,11H2,1,3H3,(H,20,22)/t12-,26?/m1/s1. The Kier molecular flexibility index (Phi) is 4.16. The normalized spacial score (nSPS) is 20.2. The Labute approximate surface area is 152 Å². The number of ether oxygens (including phenoxy) is 1. The van der Waals surface area contributed by atoms with Crippen molar-refractivity contribution in [3.05, 3.63) is 30.6 Å². The van der Waals surface area contributed by atoms with Crippen LogP contribution < -0.4 is 4.90 Å². The highest BCUT2D eigenvalue weighted by atomic mass is 32.2. The monoisotopic (exact) mass is 371 g/mol. The lowest BCUT2D eigenvalue weighted by molar-refractivity contribution is 0.0985. The average Bonchev–Trinajstić information content (AvgIpc) is 3.14. The van der Waals surface area contributed by atoms with Crippen LogP contribution in [-0.4, -0.2) is 62.3 Å². The van der Waals surface area contributed by atoms with Crippen LogP contribution in [0.2, 0.25) is 0 Å². The first-order chi connectivity index (χ1) is 12.4. The highest BCUT2D eigenvalue weighted by Crippen LogP contribution is 2.32. The summed E-state index contributed by atoms with van der Waals surface area (Å²) >= 11 is 0. The van der Waals surface area contributed by atoms with Crippen LogP contribution in [0.25, 0.3) is 22.3 Å². The Hall–Kier alpha value is -2.45. The number of anilines is 1. The lowest BCUT2D eigenvalue weighted by Crippen LogP contribution is -2.44. The van der Waals surface area contributed by atoms with Crippen LogP contribution in [0.4, 0.5) is 5.82 Å². The van der Waals surface area contributed by atoms with Crippen molar-refractivity contribution in [2.45, 2.75) is 17.9 Å². The lowest BCUT2D eigenvalue weighted by Gasteiger charge is -2.34. The van der Waals surface area contributed by atoms with E-state index in [-0.39, 0.29) is 6.04 Å². The minimum Gasteiger partial charge on any atom is -0.377 e. The van der Waals surface area contributed by atoms with E-state index >= 15 is 0 Å². The summed E-state index contributed by atoms with van der Waals surface area (Å²) in [5, 5.41) is 7.75. The number of fused-ring (bicyclic) bond motifs is 1. The largest absolute Gasteiger partial charge is 0.377 e. The van der Waals surface area contributed by atoms with Gasteiger partial charge < -0.3 is 9.64 Å². The Bertz CT molecular complexity index is 1050. The summed E-state index contributed by atoms with van der Waals surface area (Å²) < 4.78 is 18.4. The Morgan fingerprint density at radius 1 is 1.38 bits per heavy atom. The van der Waals surface area contributed by atoms with Gasteiger partial charge in [0.15, 0.2) is 0 Å². The van der Waals surface area contributed by atoms with E-state index in [2.05, 4.69) is 32.9 Å². The first-order valence-electron chi connectivity index (χ1n) is 8.41. The molecular weight excluding hydrogens is 350 g/mol. The zero-order valence-corrected chi connectivity index (χ0v) is 15.6. The molecule has 1 fully saturated rings. The van der Waals surface area contributed by atoms with Crippen molar-refractivity contribution in [1.82, 2.24) is 20.2 Å². The summed E-state index contributed by atoms with van der Waals surface area (Å²) in [5.41, 5.74) is 2.15. The molecule has 7 nitrogen and oxygen atoms in total. The highest BCUT2D eigenvalue weighted by molar-refractivity contribution is 7.99. The summed E-state index contributed by atoms with van der Waals surface area (Å²) in [6.07, 6.45) is 5.03. The molecule has 0 radical (unpaired) electrons. The minimum atomic E-state index is -2.45. The van der Waals surface area contributed by atoms with Gasteiger partial charge in [-0.1, -0.05) is 0 Å². The van der Waals surface area contributed by atoms with Crippen molar-refractivity contribution in [3.63, 3.8) is 0 Å². The van der Waals surface area contributed by atoms with Gasteiger partial charge in [0.2, 0.25) is 0 Å². The molecule has 3 aromatic rings. The summed E-state index contributed by atoms with van der Waals surface area (Å²) in [4.78, 5) is 12.2. The molecular formula is C18H21N5O2S. The van der Waals surface area contributed by atoms with Crippen LogP contribution >= 0.6 is 0 Å². The fourth-order valence-electron chi connectivity index (χ4n) is 3.26. The Morgan fingerprint density at radius 2 is 2.23 bits per heavy atom. The van der Waals surface area contributed by atoms with Gasteiger partial charge in [0, 0.05) is 35.5 Å². The number of hydrogen-bond donors (Lipinski definition) is 1. The molecule has 8 heteroatoms. The lowest BCUT2D eigenvalue weighted by atomic mass is 10.1. The Balaban J connectivity index is 2.01. The third-order valence-electron chi connectivity index (χ3n) is 4.56. The molecule has 0 amide bonds. The number of aromatic amines is 1. The van der Waals surface area contributed by atoms with Gasteiger partial charge in [-0.2, -0.15) is 5.10 Å². The minimum absolute atomic E-state index is 0.187. The van der Waals surface area contributed by atoms with Gasteiger partial charge in [0.25, 0.3) is 0 Å². The highest BCUT2D eigenvalue weighted by Gasteiger charge is 2.23. The van der Waals surface area contributed by atoms with E-state index in [9.17, 15) is 4.21 Å². The van der Waals surface area contributed by atoms with Crippen molar-refractivity contribution in [1.29, 1.82) is 0 Å². The second kappa shape index (κ2) is 6.37. The molecule has 136 valence electrons. The molecule has 1 saturated heterocycles. The molecule has 0 bridgehead atoms. The topological polar surface area (TPSA) is 84.0 Å². The Morgan fingerprint density at radius 3 is 2.92 bits per heavy atom. The molecule has 3 aromatic heterocycles. The molecule has 4 rings (SSSR count). The fourth-order valence-corrected chi connectivity index (χ4v) is 4.25. The van der Waals surface area contributed by atoms with Crippen LogP contribution in [0, 0.1) is 0 Å². The molecule has 0 spiro atoms. The molecule has 1 aliphatic heterocycles. The number of nitrogens with one attached hydrogen (secondary N) is 1. The van der Waals surface area contributed by atoms with Crippen molar-refractivity contribution in [3.8, 4) is 11.4 Å². The van der Waals surface area contributed by atoms with E-state index in [0.717, 1.165) is 23.4 Å². The molecule has 0 aliphatic carbocycles. The number of pyridine rings is 2. The molecule has 0 saturated carbocycles. The number of H-pyrrole nitrogens is 1. The molecule has 1 unspecified atom stereocenters. The summed E-state index contributed by atoms with van der Waals surface area (Å²) in [6, 6.07) is 5.78. The van der Waals surface area contributed by atoms with Gasteiger partial charge in [-0.3, -0.25) is 14.3 Å². The predicted octanol–water partition coefficient (Wildman–Crippen LogP) is 1.95. The molecule has 2 atom stereocenters. The molecule has 4 heterocycles. The molecule has 1 aliphatic rings. The SMILES string of the molecule is C=S(C)(=O)c1cc(N2CCOC[C@H]2C)nc2c(-c3ccn[nH]3)nccc12. The summed E-state index contributed by atoms with van der Waals surface area (Å²) in [7, 11) is -2.45. The summed E-state index contributed by atoms with van der Waals surface area (Å²) in [6.45, 7) is 4.12. The maximum atomic E-state index is 12.9. The van der Waals surface area contributed by atoms with Crippen molar-refractivity contribution in [2.75, 3.05) is 30.9 Å². The predicted molar refractivity (Wildman–Crippen MR) is 104 cm³/mol. The van der Waals surface area contributed by atoms with Crippen LogP contribution in [0.15, 0.2) is 35.5 Å². The van der Waals surface area contributed by atoms with E-state index in [4.69, 9.17) is 9.72 Å². The zero-order chi connectivity index (χ0) is 18.3. The first-order valence-corrected chi connectivity index (χ1v) is 10.5. The number of hydrogen-bond acceptors (Lipinski definition) is 6. The van der Waals surface area contributed by atoms with Crippen LogP contribution in [0.1, 0.15) is 6.92 Å². The van der Waals surface area contributed by atoms with Crippen LogP contribution in [-0.2, 0) is 14.3 Å². The zero-order valence-electron chi connectivity index (χ0n) is 14.8. The third-order valence-corrected chi connectivity index (χ3v) is 5.83. The number of morpholine rings is 1. The van der Waals surface area contributed by atoms with Gasteiger partial charge >= 0.3 is 0 Å². The van der Waals surface area contributed by atoms with E-state index in [1.54, 1.807) is 18.6 Å². The maximum Gasteiger partial charge on any atom is 0.130 e. The summed E-state index contributed by atoms with van der Waals surface area (Å²) in [5.74, 6) is 4.68. The maximum absolute atomic E-state index is 12.9. The van der Waals surface area contributed by atoms with Crippen molar-refractivity contribution >= 4 is 32.1 Å². The average molecular weight is 371 g/mol. The fraction of sp³-hybridized carbons (Fsp3) is 0.333. The van der Waals surface area contributed by atoms with Gasteiger partial charge in [0.1, 0.15) is 17.0 Å². The molecule has 1 N–H and O–H groups in total. The van der Waals surface area contributed by atoms with Crippen molar-refractivity contribution in [2.24, 2.45) is 0 Å². The second-order valence-corrected chi connectivity index (χ2v) is 9.08. The molecule has 26 heavy (non-hydrogen) atoms. The third kappa shape index (κ3) is 2.95. The number of rotatable bonds is 3. The van der Waals surface area contributed by atoms with Crippen LogP contribution in [0.5, 0.6) is 0 Å². The quantitative estimate of drug-likeness (QED) is 0.709. The molecule has 0 aromatic carbocycles. The van der Waals surface area contributed by atoms with Gasteiger partial charge in [0.05, 0.1) is 24.9 Å².